The number of para-hydroxylation sites is 1. The minimum Gasteiger partial charge on any atom is -0.457 e. The second kappa shape index (κ2) is 5.84. The van der Waals surface area contributed by atoms with Gasteiger partial charge >= 0.3 is 5.97 Å². The van der Waals surface area contributed by atoms with Gasteiger partial charge in [-0.3, -0.25) is 9.59 Å². The number of carbonyl (C=O) groups excluding carboxylic acids is 2. The Morgan fingerprint density at radius 1 is 1.17 bits per heavy atom. The summed E-state index contributed by atoms with van der Waals surface area (Å²) in [6, 6.07) is 9.14. The molecule has 0 aliphatic heterocycles. The number of ether oxygens (including phenoxy) is 1. The lowest BCUT2D eigenvalue weighted by molar-refractivity contribution is -0.144. The lowest BCUT2D eigenvalue weighted by atomic mass is 9.86. The van der Waals surface area contributed by atoms with E-state index in [1.807, 2.05) is 24.3 Å². The van der Waals surface area contributed by atoms with Gasteiger partial charge in [0.15, 0.2) is 12.4 Å². The molecule has 1 heterocycles. The number of fused-ring (bicyclic) bond motifs is 3. The third kappa shape index (κ3) is 2.90. The van der Waals surface area contributed by atoms with Crippen LogP contribution in [0, 0.1) is 17.8 Å². The van der Waals surface area contributed by atoms with E-state index < -0.39 is 0 Å². The Hall–Kier alpha value is -2.10. The van der Waals surface area contributed by atoms with Crippen LogP contribution >= 0.6 is 0 Å². The lowest BCUT2D eigenvalue weighted by Gasteiger charge is -2.20. The van der Waals surface area contributed by atoms with Gasteiger partial charge in [0.1, 0.15) is 5.58 Å². The van der Waals surface area contributed by atoms with Crippen LogP contribution in [0.25, 0.3) is 11.0 Å². The summed E-state index contributed by atoms with van der Waals surface area (Å²) in [5.41, 5.74) is 0.671. The van der Waals surface area contributed by atoms with Crippen LogP contribution in [0.4, 0.5) is 0 Å². The Morgan fingerprint density at radius 3 is 2.78 bits per heavy atom. The maximum atomic E-state index is 12.1. The number of carbonyl (C=O) groups is 2. The Morgan fingerprint density at radius 2 is 2.04 bits per heavy atom. The summed E-state index contributed by atoms with van der Waals surface area (Å²) >= 11 is 0. The number of esters is 1. The van der Waals surface area contributed by atoms with Crippen molar-refractivity contribution in [3.63, 3.8) is 0 Å². The quantitative estimate of drug-likeness (QED) is 0.619. The van der Waals surface area contributed by atoms with Crippen molar-refractivity contribution in [2.45, 2.75) is 32.1 Å². The van der Waals surface area contributed by atoms with E-state index in [-0.39, 0.29) is 24.1 Å². The highest BCUT2D eigenvalue weighted by Crippen LogP contribution is 2.49. The van der Waals surface area contributed by atoms with E-state index in [1.54, 1.807) is 6.07 Å². The third-order valence-corrected chi connectivity index (χ3v) is 5.38. The summed E-state index contributed by atoms with van der Waals surface area (Å²) in [6.45, 7) is -0.237. The van der Waals surface area contributed by atoms with Crippen LogP contribution in [-0.2, 0) is 9.53 Å². The summed E-state index contributed by atoms with van der Waals surface area (Å²) in [4.78, 5) is 24.1. The average Bonchev–Trinajstić information content (AvgIpc) is 3.26. The number of Topliss-reactive ketones (excluding diaryl/α,β-unsaturated/α-hetero) is 1. The molecule has 2 aliphatic carbocycles. The smallest absolute Gasteiger partial charge is 0.306 e. The summed E-state index contributed by atoms with van der Waals surface area (Å²) in [6.07, 6.45) is 5.45. The van der Waals surface area contributed by atoms with Crippen molar-refractivity contribution in [2.75, 3.05) is 6.61 Å². The third-order valence-electron chi connectivity index (χ3n) is 5.38. The molecule has 120 valence electrons. The predicted octanol–water partition coefficient (Wildman–Crippen LogP) is 3.99. The van der Waals surface area contributed by atoms with Gasteiger partial charge in [0.25, 0.3) is 0 Å². The summed E-state index contributed by atoms with van der Waals surface area (Å²) in [5.74, 6) is 1.67. The highest BCUT2D eigenvalue weighted by molar-refractivity contribution is 5.99. The van der Waals surface area contributed by atoms with E-state index in [0.717, 1.165) is 17.7 Å². The molecule has 1 aromatic carbocycles. The molecule has 0 saturated heterocycles. The fourth-order valence-corrected chi connectivity index (χ4v) is 4.24. The first-order valence-electron chi connectivity index (χ1n) is 8.36. The Labute approximate surface area is 134 Å². The van der Waals surface area contributed by atoms with Crippen LogP contribution in [0.2, 0.25) is 0 Å². The van der Waals surface area contributed by atoms with Crippen molar-refractivity contribution < 1.29 is 18.7 Å². The highest BCUT2D eigenvalue weighted by atomic mass is 16.5. The van der Waals surface area contributed by atoms with Crippen LogP contribution in [0.5, 0.6) is 0 Å². The van der Waals surface area contributed by atoms with Crippen LogP contribution in [0.3, 0.4) is 0 Å². The van der Waals surface area contributed by atoms with Crippen molar-refractivity contribution in [1.29, 1.82) is 0 Å². The Kier molecular flexibility index (Phi) is 3.68. The van der Waals surface area contributed by atoms with Gasteiger partial charge in [0.05, 0.1) is 0 Å². The predicted molar refractivity (Wildman–Crippen MR) is 85.1 cm³/mol. The van der Waals surface area contributed by atoms with Crippen molar-refractivity contribution in [2.24, 2.45) is 17.8 Å². The number of rotatable bonds is 5. The summed E-state index contributed by atoms with van der Waals surface area (Å²) in [5, 5.41) is 0.879. The molecular weight excluding hydrogens is 292 g/mol. The van der Waals surface area contributed by atoms with Gasteiger partial charge < -0.3 is 9.15 Å². The molecule has 4 heteroatoms. The molecule has 2 saturated carbocycles. The van der Waals surface area contributed by atoms with Crippen LogP contribution < -0.4 is 0 Å². The number of ketones is 1. The first-order valence-corrected chi connectivity index (χ1v) is 8.36. The fraction of sp³-hybridized carbons (Fsp3) is 0.474. The molecule has 0 spiro atoms. The molecule has 1 aromatic heterocycles. The molecule has 3 atom stereocenters. The van der Waals surface area contributed by atoms with Crippen LogP contribution in [0.1, 0.15) is 42.7 Å². The van der Waals surface area contributed by atoms with E-state index in [0.29, 0.717) is 23.8 Å². The second-order valence-electron chi connectivity index (χ2n) is 6.87. The van der Waals surface area contributed by atoms with Gasteiger partial charge in [-0.15, -0.1) is 0 Å². The molecule has 2 aliphatic rings. The van der Waals surface area contributed by atoms with Crippen molar-refractivity contribution in [3.05, 3.63) is 36.1 Å². The number of hydrogen-bond acceptors (Lipinski definition) is 4. The molecule has 2 bridgehead atoms. The van der Waals surface area contributed by atoms with Gasteiger partial charge in [0, 0.05) is 11.8 Å². The monoisotopic (exact) mass is 312 g/mol. The van der Waals surface area contributed by atoms with Gasteiger partial charge in [-0.2, -0.15) is 0 Å². The number of furan rings is 1. The van der Waals surface area contributed by atoms with E-state index >= 15 is 0 Å². The lowest BCUT2D eigenvalue weighted by Crippen LogP contribution is -2.19. The van der Waals surface area contributed by atoms with E-state index in [9.17, 15) is 9.59 Å². The molecule has 0 unspecified atom stereocenters. The molecular formula is C19H20O4. The average molecular weight is 312 g/mol. The minimum atomic E-state index is -0.289. The maximum Gasteiger partial charge on any atom is 0.306 e. The number of benzene rings is 1. The Bertz CT molecular complexity index is 712. The summed E-state index contributed by atoms with van der Waals surface area (Å²) in [7, 11) is 0. The van der Waals surface area contributed by atoms with Gasteiger partial charge in [0.2, 0.25) is 5.78 Å². The first kappa shape index (κ1) is 14.5. The van der Waals surface area contributed by atoms with Crippen molar-refractivity contribution in [1.82, 2.24) is 0 Å². The second-order valence-corrected chi connectivity index (χ2v) is 6.87. The summed E-state index contributed by atoms with van der Waals surface area (Å²) < 4.78 is 10.7. The zero-order chi connectivity index (χ0) is 15.8. The fourth-order valence-electron chi connectivity index (χ4n) is 4.24. The number of hydrogen-bond donors (Lipinski definition) is 0. The largest absolute Gasteiger partial charge is 0.457 e. The molecule has 0 amide bonds. The highest BCUT2D eigenvalue weighted by Gasteiger charge is 2.40. The van der Waals surface area contributed by atoms with E-state index in [4.69, 9.17) is 9.15 Å². The van der Waals surface area contributed by atoms with Gasteiger partial charge in [-0.25, -0.2) is 0 Å². The van der Waals surface area contributed by atoms with E-state index in [2.05, 4.69) is 0 Å². The standard InChI is InChI=1S/C19H20O4/c20-16(18-9-14-3-1-2-4-17(14)23-18)11-22-19(21)10-15-8-12-5-6-13(15)7-12/h1-4,9,12-13,15H,5-8,10-11H2/t12-,13-,15-/m1/s1. The molecule has 4 nitrogen and oxygen atoms in total. The zero-order valence-corrected chi connectivity index (χ0v) is 13.0. The minimum absolute atomic E-state index is 0.237. The zero-order valence-electron chi connectivity index (χ0n) is 13.0. The molecule has 2 fully saturated rings. The molecule has 0 N–H and O–H groups in total. The SMILES string of the molecule is O=C(C[C@H]1C[C@@H]2CC[C@@H]1C2)OCC(=O)c1cc2ccccc2o1. The molecule has 4 rings (SSSR count). The van der Waals surface area contributed by atoms with Crippen molar-refractivity contribution in [3.8, 4) is 0 Å². The normalized spacial score (nSPS) is 25.8. The van der Waals surface area contributed by atoms with E-state index in [1.165, 1.54) is 19.3 Å². The van der Waals surface area contributed by atoms with Crippen molar-refractivity contribution >= 4 is 22.7 Å². The van der Waals surface area contributed by atoms with Gasteiger partial charge in [-0.1, -0.05) is 24.6 Å². The topological polar surface area (TPSA) is 56.5 Å². The maximum absolute atomic E-state index is 12.1. The molecule has 2 aromatic rings. The van der Waals surface area contributed by atoms with Gasteiger partial charge in [-0.05, 0) is 49.1 Å². The Balaban J connectivity index is 1.31. The molecule has 23 heavy (non-hydrogen) atoms. The molecule has 0 radical (unpaired) electrons. The van der Waals surface area contributed by atoms with Crippen LogP contribution in [0.15, 0.2) is 34.7 Å². The van der Waals surface area contributed by atoms with Crippen LogP contribution in [-0.4, -0.2) is 18.4 Å². The first-order chi connectivity index (χ1) is 11.2.